The molecule has 0 radical (unpaired) electrons. The molecule has 5 nitrogen and oxygen atoms in total. The van der Waals surface area contributed by atoms with Crippen molar-refractivity contribution in [1.29, 1.82) is 0 Å². The molecule has 2 aliphatic carbocycles. The third kappa shape index (κ3) is 8.08. The highest BCUT2D eigenvalue weighted by Crippen LogP contribution is 2.67. The van der Waals surface area contributed by atoms with Crippen LogP contribution in [-0.2, 0) is 21.4 Å². The molecule has 1 spiro atoms. The van der Waals surface area contributed by atoms with E-state index in [9.17, 15) is 9.59 Å². The highest BCUT2D eigenvalue weighted by Gasteiger charge is 2.58. The predicted molar refractivity (Wildman–Crippen MR) is 210 cm³/mol. The SMILES string of the molecule is CCC1(CC)CC2(C1)c1cc(C)ccc1-c1ccc(-c3ccc(-c4ccc(CC(=O)NCCCCCCNC(=O)OC(C)(C)C)cc4)cc3)cc12. The average molecular weight is 685 g/mol. The van der Waals surface area contributed by atoms with Crippen LogP contribution in [0.2, 0.25) is 0 Å². The summed E-state index contributed by atoms with van der Waals surface area (Å²) in [5.74, 6) is 0.0463. The molecule has 4 aromatic carbocycles. The minimum absolute atomic E-state index is 0.0463. The first-order chi connectivity index (χ1) is 24.4. The Hall–Kier alpha value is -4.38. The van der Waals surface area contributed by atoms with Gasteiger partial charge in [-0.25, -0.2) is 4.79 Å². The maximum atomic E-state index is 12.6. The molecule has 4 aromatic rings. The number of unbranched alkanes of at least 4 members (excludes halogenated alkanes) is 3. The van der Waals surface area contributed by atoms with Crippen LogP contribution in [0, 0.1) is 12.3 Å². The monoisotopic (exact) mass is 684 g/mol. The van der Waals surface area contributed by atoms with Crippen molar-refractivity contribution < 1.29 is 14.3 Å². The lowest BCUT2D eigenvalue weighted by Crippen LogP contribution is -2.48. The summed E-state index contributed by atoms with van der Waals surface area (Å²) in [5.41, 5.74) is 13.2. The van der Waals surface area contributed by atoms with Gasteiger partial charge in [0.2, 0.25) is 5.91 Å². The fourth-order valence-electron chi connectivity index (χ4n) is 8.40. The normalized spacial score (nSPS) is 15.1. The lowest BCUT2D eigenvalue weighted by molar-refractivity contribution is -0.120. The number of aryl methyl sites for hydroxylation is 1. The van der Waals surface area contributed by atoms with Crippen LogP contribution < -0.4 is 10.6 Å². The maximum absolute atomic E-state index is 12.6. The van der Waals surface area contributed by atoms with Crippen LogP contribution in [0.15, 0.2) is 84.9 Å². The molecule has 1 fully saturated rings. The van der Waals surface area contributed by atoms with E-state index in [1.807, 2.05) is 20.8 Å². The van der Waals surface area contributed by atoms with Crippen molar-refractivity contribution in [3.63, 3.8) is 0 Å². The van der Waals surface area contributed by atoms with Crippen molar-refractivity contribution in [3.8, 4) is 33.4 Å². The van der Waals surface area contributed by atoms with Gasteiger partial charge in [-0.15, -0.1) is 0 Å². The molecule has 6 rings (SSSR count). The number of ether oxygens (including phenoxy) is 1. The summed E-state index contributed by atoms with van der Waals surface area (Å²) in [6.07, 6.45) is 8.80. The number of amides is 2. The van der Waals surface area contributed by atoms with Gasteiger partial charge in [-0.2, -0.15) is 0 Å². The highest BCUT2D eigenvalue weighted by atomic mass is 16.6. The van der Waals surface area contributed by atoms with E-state index in [2.05, 4.69) is 116 Å². The molecule has 0 aliphatic heterocycles. The predicted octanol–water partition coefficient (Wildman–Crippen LogP) is 10.9. The van der Waals surface area contributed by atoms with E-state index < -0.39 is 5.60 Å². The van der Waals surface area contributed by atoms with Gasteiger partial charge < -0.3 is 15.4 Å². The van der Waals surface area contributed by atoms with E-state index in [1.165, 1.54) is 64.6 Å². The van der Waals surface area contributed by atoms with Gasteiger partial charge in [0.15, 0.2) is 0 Å². The van der Waals surface area contributed by atoms with Gasteiger partial charge >= 0.3 is 6.09 Å². The lowest BCUT2D eigenvalue weighted by Gasteiger charge is -2.56. The highest BCUT2D eigenvalue weighted by molar-refractivity contribution is 5.85. The summed E-state index contributed by atoms with van der Waals surface area (Å²) in [4.78, 5) is 24.3. The van der Waals surface area contributed by atoms with Crippen molar-refractivity contribution in [2.75, 3.05) is 13.1 Å². The Kier molecular flexibility index (Phi) is 10.8. The smallest absolute Gasteiger partial charge is 0.407 e. The summed E-state index contributed by atoms with van der Waals surface area (Å²) >= 11 is 0. The van der Waals surface area contributed by atoms with E-state index in [0.29, 0.717) is 24.9 Å². The number of carbonyl (C=O) groups is 2. The molecule has 2 amide bonds. The van der Waals surface area contributed by atoms with Crippen LogP contribution in [-0.4, -0.2) is 30.7 Å². The molecule has 2 aliphatic rings. The maximum Gasteiger partial charge on any atom is 0.407 e. The zero-order valence-electron chi connectivity index (χ0n) is 31.6. The van der Waals surface area contributed by atoms with E-state index in [4.69, 9.17) is 4.74 Å². The van der Waals surface area contributed by atoms with Crippen LogP contribution in [0.5, 0.6) is 0 Å². The summed E-state index contributed by atoms with van der Waals surface area (Å²) in [6, 6.07) is 31.5. The number of hydrogen-bond acceptors (Lipinski definition) is 3. The van der Waals surface area contributed by atoms with Gasteiger partial charge in [-0.1, -0.05) is 124 Å². The summed E-state index contributed by atoms with van der Waals surface area (Å²) in [6.45, 7) is 13.8. The van der Waals surface area contributed by atoms with E-state index in [0.717, 1.165) is 36.8 Å². The standard InChI is InChI=1S/C46H56N2O3/c1-7-45(8-2)30-46(31-45)40-27-32(3)13-23-38(40)39-24-22-37(29-41(39)46)36-20-18-35(19-21-36)34-16-14-33(15-17-34)28-42(49)47-25-11-9-10-12-26-48-43(50)51-44(4,5)6/h13-24,27,29H,7-12,25-26,28,30-31H2,1-6H3,(H,47,49)(H,48,50). The molecule has 0 aromatic heterocycles. The molecule has 0 saturated heterocycles. The Morgan fingerprint density at radius 1 is 0.667 bits per heavy atom. The first kappa shape index (κ1) is 36.4. The summed E-state index contributed by atoms with van der Waals surface area (Å²) < 4.78 is 5.25. The number of rotatable bonds is 13. The molecule has 0 unspecified atom stereocenters. The largest absolute Gasteiger partial charge is 0.444 e. The van der Waals surface area contributed by atoms with Crippen LogP contribution in [0.25, 0.3) is 33.4 Å². The zero-order valence-corrected chi connectivity index (χ0v) is 31.6. The molecule has 0 atom stereocenters. The quantitative estimate of drug-likeness (QED) is 0.138. The van der Waals surface area contributed by atoms with Crippen LogP contribution in [0.3, 0.4) is 0 Å². The Morgan fingerprint density at radius 2 is 1.18 bits per heavy atom. The van der Waals surface area contributed by atoms with Gasteiger partial charge in [0.05, 0.1) is 6.42 Å². The van der Waals surface area contributed by atoms with Crippen LogP contribution in [0.1, 0.15) is 108 Å². The average Bonchev–Trinajstić information content (AvgIpc) is 3.36. The number of carbonyl (C=O) groups excluding carboxylic acids is 2. The number of hydrogen-bond donors (Lipinski definition) is 2. The first-order valence-electron chi connectivity index (χ1n) is 19.1. The summed E-state index contributed by atoms with van der Waals surface area (Å²) in [5, 5.41) is 5.84. The molecular weight excluding hydrogens is 629 g/mol. The third-order valence-corrected chi connectivity index (χ3v) is 11.3. The van der Waals surface area contributed by atoms with Crippen molar-refractivity contribution in [1.82, 2.24) is 10.6 Å². The topological polar surface area (TPSA) is 67.4 Å². The second-order valence-electron chi connectivity index (χ2n) is 16.1. The van der Waals surface area contributed by atoms with Gasteiger partial charge in [0.25, 0.3) is 0 Å². The van der Waals surface area contributed by atoms with Crippen molar-refractivity contribution in [2.45, 2.75) is 110 Å². The fourth-order valence-corrected chi connectivity index (χ4v) is 8.40. The van der Waals surface area contributed by atoms with Gasteiger partial charge in [0.1, 0.15) is 5.60 Å². The molecule has 0 heterocycles. The third-order valence-electron chi connectivity index (χ3n) is 11.3. The number of alkyl carbamates (subject to hydrolysis) is 1. The molecule has 0 bridgehead atoms. The van der Waals surface area contributed by atoms with Gasteiger partial charge in [-0.3, -0.25) is 4.79 Å². The fraction of sp³-hybridized carbons (Fsp3) is 0.435. The minimum atomic E-state index is -0.481. The first-order valence-corrected chi connectivity index (χ1v) is 19.1. The van der Waals surface area contributed by atoms with E-state index >= 15 is 0 Å². The number of nitrogens with one attached hydrogen (secondary N) is 2. The Labute approximate surface area is 305 Å². The van der Waals surface area contributed by atoms with Crippen LogP contribution >= 0.6 is 0 Å². The molecule has 5 heteroatoms. The molecule has 51 heavy (non-hydrogen) atoms. The van der Waals surface area contributed by atoms with Crippen LogP contribution in [0.4, 0.5) is 4.79 Å². The molecule has 1 saturated carbocycles. The molecule has 2 N–H and O–H groups in total. The second-order valence-corrected chi connectivity index (χ2v) is 16.1. The Bertz CT molecular complexity index is 1840. The Morgan fingerprint density at radius 3 is 1.76 bits per heavy atom. The van der Waals surface area contributed by atoms with Gasteiger partial charge in [0, 0.05) is 18.5 Å². The number of fused-ring (bicyclic) bond motifs is 5. The summed E-state index contributed by atoms with van der Waals surface area (Å²) in [7, 11) is 0. The minimum Gasteiger partial charge on any atom is -0.444 e. The van der Waals surface area contributed by atoms with Crippen molar-refractivity contribution in [3.05, 3.63) is 107 Å². The van der Waals surface area contributed by atoms with Gasteiger partial charge in [-0.05, 0) is 115 Å². The van der Waals surface area contributed by atoms with E-state index in [1.54, 1.807) is 5.56 Å². The second kappa shape index (κ2) is 15.1. The molecule has 268 valence electrons. The van der Waals surface area contributed by atoms with Crippen molar-refractivity contribution >= 4 is 12.0 Å². The zero-order chi connectivity index (χ0) is 36.2. The lowest BCUT2D eigenvalue weighted by atomic mass is 9.47. The van der Waals surface area contributed by atoms with E-state index in [-0.39, 0.29) is 17.4 Å². The number of benzene rings is 4. The Balaban J connectivity index is 1.01. The molecular formula is C46H56N2O3. The van der Waals surface area contributed by atoms with Crippen molar-refractivity contribution in [2.24, 2.45) is 5.41 Å².